The fraction of sp³-hybridized carbons (Fsp3) is 0.292. The topological polar surface area (TPSA) is 66.5 Å². The summed E-state index contributed by atoms with van der Waals surface area (Å²) >= 11 is 6.02. The van der Waals surface area contributed by atoms with Gasteiger partial charge in [-0.2, -0.15) is 0 Å². The van der Waals surface area contributed by atoms with Crippen LogP contribution in [0.25, 0.3) is 0 Å². The molecule has 6 heteroatoms. The third-order valence-electron chi connectivity index (χ3n) is 6.72. The van der Waals surface area contributed by atoms with Gasteiger partial charge in [-0.05, 0) is 74.1 Å². The molecule has 2 aromatic rings. The molecule has 3 amide bonds. The van der Waals surface area contributed by atoms with E-state index in [2.05, 4.69) is 18.3 Å². The van der Waals surface area contributed by atoms with Crippen LogP contribution in [0.1, 0.15) is 29.3 Å². The van der Waals surface area contributed by atoms with Gasteiger partial charge in [0, 0.05) is 16.3 Å². The number of allylic oxidation sites excluding steroid dienone is 2. The van der Waals surface area contributed by atoms with Crippen LogP contribution in [0, 0.1) is 30.6 Å². The third-order valence-corrected chi connectivity index (χ3v) is 6.95. The van der Waals surface area contributed by atoms with Crippen molar-refractivity contribution in [2.45, 2.75) is 20.3 Å². The van der Waals surface area contributed by atoms with Gasteiger partial charge < -0.3 is 5.32 Å². The number of benzene rings is 2. The highest BCUT2D eigenvalue weighted by Gasteiger charge is 2.60. The smallest absolute Gasteiger partial charge is 0.255 e. The number of carbonyl (C=O) groups excluding carboxylic acids is 3. The average molecular weight is 421 g/mol. The van der Waals surface area contributed by atoms with E-state index < -0.39 is 0 Å². The molecular weight excluding hydrogens is 400 g/mol. The number of halogens is 1. The molecule has 5 nitrogen and oxygen atoms in total. The van der Waals surface area contributed by atoms with Crippen LogP contribution in [-0.2, 0) is 9.59 Å². The Kier molecular flexibility index (Phi) is 4.33. The number of hydrogen-bond acceptors (Lipinski definition) is 3. The van der Waals surface area contributed by atoms with Crippen molar-refractivity contribution >= 4 is 40.7 Å². The van der Waals surface area contributed by atoms with Crippen LogP contribution in [0.4, 0.5) is 11.4 Å². The van der Waals surface area contributed by atoms with Gasteiger partial charge in [0.05, 0.1) is 17.5 Å². The maximum atomic E-state index is 13.0. The normalized spacial score (nSPS) is 26.8. The predicted octanol–water partition coefficient (Wildman–Crippen LogP) is 4.60. The van der Waals surface area contributed by atoms with E-state index in [1.165, 1.54) is 10.5 Å². The highest BCUT2D eigenvalue weighted by Crippen LogP contribution is 2.55. The summed E-state index contributed by atoms with van der Waals surface area (Å²) in [6.07, 6.45) is 3.07. The molecule has 0 radical (unpaired) electrons. The predicted molar refractivity (Wildman–Crippen MR) is 115 cm³/mol. The summed E-state index contributed by atoms with van der Waals surface area (Å²) in [5.74, 6) is -0.619. The maximum Gasteiger partial charge on any atom is 0.255 e. The summed E-state index contributed by atoms with van der Waals surface area (Å²) in [6, 6.07) is 11.9. The Balaban J connectivity index is 1.36. The lowest BCUT2D eigenvalue weighted by Gasteiger charge is -2.19. The fourth-order valence-corrected chi connectivity index (χ4v) is 5.39. The van der Waals surface area contributed by atoms with Crippen molar-refractivity contribution in [3.63, 3.8) is 0 Å². The van der Waals surface area contributed by atoms with Gasteiger partial charge >= 0.3 is 0 Å². The Morgan fingerprint density at radius 3 is 2.47 bits per heavy atom. The van der Waals surface area contributed by atoms with E-state index in [1.54, 1.807) is 36.4 Å². The van der Waals surface area contributed by atoms with Crippen LogP contribution in [0.2, 0.25) is 5.02 Å². The third kappa shape index (κ3) is 2.80. The molecule has 2 aliphatic carbocycles. The molecule has 1 saturated carbocycles. The van der Waals surface area contributed by atoms with Crippen LogP contribution >= 0.6 is 11.6 Å². The summed E-state index contributed by atoms with van der Waals surface area (Å²) in [5, 5.41) is 3.40. The molecule has 0 spiro atoms. The van der Waals surface area contributed by atoms with Gasteiger partial charge in [-0.25, -0.2) is 0 Å². The number of nitrogens with one attached hydrogen (secondary N) is 1. The van der Waals surface area contributed by atoms with Gasteiger partial charge in [0.15, 0.2) is 0 Å². The summed E-state index contributed by atoms with van der Waals surface area (Å²) in [7, 11) is 0. The lowest BCUT2D eigenvalue weighted by atomic mass is 9.82. The minimum absolute atomic E-state index is 0.114. The molecule has 1 N–H and O–H groups in total. The maximum absolute atomic E-state index is 13.0. The highest BCUT2D eigenvalue weighted by molar-refractivity contribution is 6.31. The lowest BCUT2D eigenvalue weighted by Crippen LogP contribution is -2.33. The largest absolute Gasteiger partial charge is 0.322 e. The first-order chi connectivity index (χ1) is 14.3. The van der Waals surface area contributed by atoms with Crippen molar-refractivity contribution in [3.05, 3.63) is 70.3 Å². The van der Waals surface area contributed by atoms with Gasteiger partial charge in [0.1, 0.15) is 0 Å². The minimum atomic E-state index is -0.277. The molecule has 0 aromatic heterocycles. The first-order valence-electron chi connectivity index (χ1n) is 10.1. The van der Waals surface area contributed by atoms with E-state index in [1.807, 2.05) is 13.0 Å². The van der Waals surface area contributed by atoms with Crippen LogP contribution in [0.5, 0.6) is 0 Å². The Morgan fingerprint density at radius 2 is 1.73 bits per heavy atom. The summed E-state index contributed by atoms with van der Waals surface area (Å²) in [5.41, 5.74) is 3.74. The van der Waals surface area contributed by atoms with Crippen LogP contribution in [0.3, 0.4) is 0 Å². The van der Waals surface area contributed by atoms with Gasteiger partial charge in [0.2, 0.25) is 11.8 Å². The number of hydrogen-bond donors (Lipinski definition) is 1. The molecule has 2 fully saturated rings. The van der Waals surface area contributed by atoms with Crippen LogP contribution in [0.15, 0.2) is 54.1 Å². The zero-order chi connectivity index (χ0) is 21.2. The molecule has 5 rings (SSSR count). The summed E-state index contributed by atoms with van der Waals surface area (Å²) < 4.78 is 0. The Hall–Kier alpha value is -2.92. The van der Waals surface area contributed by atoms with Crippen molar-refractivity contribution in [2.75, 3.05) is 10.2 Å². The molecule has 0 unspecified atom stereocenters. The SMILES string of the molecule is CC1=C[C@@H]2C[C@@H]1[C@@H]1C(=O)N(c3ccc(C(=O)Nc4cc(Cl)ccc4C)cc3)C(=O)[C@H]12. The molecule has 152 valence electrons. The average Bonchev–Trinajstić information content (AvgIpc) is 3.35. The van der Waals surface area contributed by atoms with Crippen LogP contribution < -0.4 is 10.2 Å². The zero-order valence-corrected chi connectivity index (χ0v) is 17.4. The lowest BCUT2D eigenvalue weighted by molar-refractivity contribution is -0.123. The molecule has 1 aliphatic heterocycles. The first-order valence-corrected chi connectivity index (χ1v) is 10.5. The van der Waals surface area contributed by atoms with E-state index >= 15 is 0 Å². The van der Waals surface area contributed by atoms with Crippen LogP contribution in [-0.4, -0.2) is 17.7 Å². The molecule has 2 bridgehead atoms. The van der Waals surface area contributed by atoms with E-state index in [4.69, 9.17) is 11.6 Å². The number of carbonyl (C=O) groups is 3. The van der Waals surface area contributed by atoms with E-state index in [9.17, 15) is 14.4 Å². The number of fused-ring (bicyclic) bond motifs is 5. The number of rotatable bonds is 3. The monoisotopic (exact) mass is 420 g/mol. The molecule has 1 heterocycles. The molecule has 3 aliphatic rings. The van der Waals surface area contributed by atoms with Crippen molar-refractivity contribution in [1.82, 2.24) is 0 Å². The second-order valence-electron chi connectivity index (χ2n) is 8.44. The highest BCUT2D eigenvalue weighted by atomic mass is 35.5. The number of aryl methyl sites for hydroxylation is 1. The van der Waals surface area contributed by atoms with E-state index in [-0.39, 0.29) is 41.4 Å². The second-order valence-corrected chi connectivity index (χ2v) is 8.88. The minimum Gasteiger partial charge on any atom is -0.322 e. The fourth-order valence-electron chi connectivity index (χ4n) is 5.21. The molecule has 4 atom stereocenters. The molecule has 2 aromatic carbocycles. The van der Waals surface area contributed by atoms with Crippen molar-refractivity contribution in [1.29, 1.82) is 0 Å². The molecular formula is C24H21ClN2O3. The summed E-state index contributed by atoms with van der Waals surface area (Å²) in [6.45, 7) is 3.94. The molecule has 1 saturated heterocycles. The Labute approximate surface area is 179 Å². The Morgan fingerprint density at radius 1 is 1.03 bits per heavy atom. The standard InChI is InChI=1S/C24H21ClN2O3/c1-12-3-6-16(25)11-19(12)26-22(28)14-4-7-17(8-5-14)27-23(29)20-15-9-13(2)18(10-15)21(20)24(27)30/h3-9,11,15,18,20-21H,10H2,1-2H3,(H,26,28)/t15-,18+,20+,21+/m1/s1. The second kappa shape index (κ2) is 6.81. The molecule has 30 heavy (non-hydrogen) atoms. The summed E-state index contributed by atoms with van der Waals surface area (Å²) in [4.78, 5) is 40.0. The van der Waals surface area contributed by atoms with E-state index in [0.29, 0.717) is 22.0 Å². The van der Waals surface area contributed by atoms with Gasteiger partial charge in [-0.1, -0.05) is 29.3 Å². The number of anilines is 2. The quantitative estimate of drug-likeness (QED) is 0.582. The van der Waals surface area contributed by atoms with Gasteiger partial charge in [-0.15, -0.1) is 0 Å². The van der Waals surface area contributed by atoms with Crippen molar-refractivity contribution in [3.8, 4) is 0 Å². The zero-order valence-electron chi connectivity index (χ0n) is 16.7. The number of imide groups is 1. The Bertz CT molecular complexity index is 1120. The van der Waals surface area contributed by atoms with Crippen molar-refractivity contribution in [2.24, 2.45) is 23.7 Å². The number of amides is 3. The van der Waals surface area contributed by atoms with Gasteiger partial charge in [-0.3, -0.25) is 19.3 Å². The number of nitrogens with zero attached hydrogens (tertiary/aromatic N) is 1. The van der Waals surface area contributed by atoms with Crippen molar-refractivity contribution < 1.29 is 14.4 Å². The van der Waals surface area contributed by atoms with Gasteiger partial charge in [0.25, 0.3) is 5.91 Å². The van der Waals surface area contributed by atoms with E-state index in [0.717, 1.165) is 12.0 Å². The first kappa shape index (κ1) is 19.1.